The molecule has 0 saturated carbocycles. The average molecular weight is 356 g/mol. The maximum atomic E-state index is 12.0. The Hall–Kier alpha value is -2.33. The first-order valence-electron chi connectivity index (χ1n) is 8.56. The minimum atomic E-state index is 0.0761. The molecule has 0 saturated heterocycles. The van der Waals surface area contributed by atoms with Crippen molar-refractivity contribution in [2.45, 2.75) is 32.7 Å². The molecule has 0 aliphatic carbocycles. The van der Waals surface area contributed by atoms with Gasteiger partial charge >= 0.3 is 0 Å². The molecule has 1 heterocycles. The van der Waals surface area contributed by atoms with Crippen LogP contribution in [0.25, 0.3) is 11.0 Å². The van der Waals surface area contributed by atoms with Gasteiger partial charge in [-0.2, -0.15) is 0 Å². The van der Waals surface area contributed by atoms with Gasteiger partial charge in [-0.25, -0.2) is 4.98 Å². The highest BCUT2D eigenvalue weighted by Gasteiger charge is 2.07. The van der Waals surface area contributed by atoms with Crippen molar-refractivity contribution in [3.63, 3.8) is 0 Å². The van der Waals surface area contributed by atoms with Crippen LogP contribution >= 0.6 is 11.6 Å². The van der Waals surface area contributed by atoms with E-state index in [1.54, 1.807) is 0 Å². The Balaban J connectivity index is 1.43. The van der Waals surface area contributed by atoms with E-state index in [1.165, 1.54) is 0 Å². The van der Waals surface area contributed by atoms with Crippen LogP contribution in [0.2, 0.25) is 5.02 Å². The molecule has 0 spiro atoms. The van der Waals surface area contributed by atoms with Crippen molar-refractivity contribution >= 4 is 28.5 Å². The van der Waals surface area contributed by atoms with Gasteiger partial charge in [0.05, 0.1) is 11.0 Å². The summed E-state index contributed by atoms with van der Waals surface area (Å²) in [4.78, 5) is 16.5. The number of para-hydroxylation sites is 2. The molecule has 0 aliphatic rings. The zero-order valence-electron chi connectivity index (χ0n) is 14.3. The van der Waals surface area contributed by atoms with E-state index in [-0.39, 0.29) is 5.91 Å². The van der Waals surface area contributed by atoms with Gasteiger partial charge in [0.2, 0.25) is 5.91 Å². The van der Waals surface area contributed by atoms with E-state index in [0.29, 0.717) is 24.4 Å². The number of hydrogen-bond acceptors (Lipinski definition) is 2. The number of nitrogens with zero attached hydrogens (tertiary/aromatic N) is 2. The molecule has 130 valence electrons. The van der Waals surface area contributed by atoms with Crippen LogP contribution in [0.3, 0.4) is 0 Å². The lowest BCUT2D eigenvalue weighted by atomic mass is 10.1. The number of imidazole rings is 1. The van der Waals surface area contributed by atoms with Crippen molar-refractivity contribution in [2.75, 3.05) is 6.54 Å². The summed E-state index contributed by atoms with van der Waals surface area (Å²) in [6.45, 7) is 3.53. The van der Waals surface area contributed by atoms with Crippen LogP contribution in [0.1, 0.15) is 24.2 Å². The molecule has 0 unspecified atom stereocenters. The summed E-state index contributed by atoms with van der Waals surface area (Å²) in [5.74, 6) is 1.08. The number of aryl methyl sites for hydroxylation is 3. The van der Waals surface area contributed by atoms with Crippen LogP contribution < -0.4 is 5.32 Å². The number of hydrogen-bond donors (Lipinski definition) is 1. The molecular formula is C20H22ClN3O. The zero-order chi connectivity index (χ0) is 17.6. The monoisotopic (exact) mass is 355 g/mol. The van der Waals surface area contributed by atoms with Crippen molar-refractivity contribution in [3.05, 3.63) is 64.9 Å². The molecule has 0 bridgehead atoms. The van der Waals surface area contributed by atoms with E-state index >= 15 is 0 Å². The lowest BCUT2D eigenvalue weighted by molar-refractivity contribution is -0.121. The molecule has 0 radical (unpaired) electrons. The van der Waals surface area contributed by atoms with Crippen LogP contribution in [0.5, 0.6) is 0 Å². The predicted octanol–water partition coefficient (Wildman–Crippen LogP) is 4.14. The predicted molar refractivity (Wildman–Crippen MR) is 102 cm³/mol. The fourth-order valence-corrected chi connectivity index (χ4v) is 3.19. The summed E-state index contributed by atoms with van der Waals surface area (Å²) in [5.41, 5.74) is 3.25. The van der Waals surface area contributed by atoms with Gasteiger partial charge in [0.25, 0.3) is 0 Å². The molecule has 3 aromatic rings. The third-order valence-corrected chi connectivity index (χ3v) is 4.49. The Morgan fingerprint density at radius 1 is 1.20 bits per heavy atom. The first-order valence-corrected chi connectivity index (χ1v) is 8.94. The van der Waals surface area contributed by atoms with Crippen LogP contribution in [0.15, 0.2) is 48.5 Å². The van der Waals surface area contributed by atoms with E-state index in [2.05, 4.69) is 20.9 Å². The first kappa shape index (κ1) is 17.5. The number of carbonyl (C=O) groups excluding carboxylic acids is 1. The van der Waals surface area contributed by atoms with E-state index in [0.717, 1.165) is 35.4 Å². The first-order chi connectivity index (χ1) is 12.1. The molecule has 5 heteroatoms. The molecule has 3 rings (SSSR count). The third-order valence-electron chi connectivity index (χ3n) is 4.26. The van der Waals surface area contributed by atoms with Gasteiger partial charge in [0.1, 0.15) is 5.82 Å². The van der Waals surface area contributed by atoms with Crippen molar-refractivity contribution < 1.29 is 4.79 Å². The number of halogens is 1. The molecular weight excluding hydrogens is 334 g/mol. The van der Waals surface area contributed by atoms with Crippen molar-refractivity contribution in [2.24, 2.45) is 0 Å². The molecule has 2 aromatic carbocycles. The molecule has 4 nitrogen and oxygen atoms in total. The van der Waals surface area contributed by atoms with E-state index in [4.69, 9.17) is 11.6 Å². The highest BCUT2D eigenvalue weighted by molar-refractivity contribution is 6.30. The Bertz CT molecular complexity index is 872. The maximum absolute atomic E-state index is 12.0. The zero-order valence-corrected chi connectivity index (χ0v) is 15.1. The molecule has 1 N–H and O–H groups in total. The fraction of sp³-hybridized carbons (Fsp3) is 0.300. The number of aromatic nitrogens is 2. The Morgan fingerprint density at radius 3 is 2.88 bits per heavy atom. The van der Waals surface area contributed by atoms with Gasteiger partial charge in [-0.3, -0.25) is 4.79 Å². The summed E-state index contributed by atoms with van der Waals surface area (Å²) in [6, 6.07) is 15.8. The van der Waals surface area contributed by atoms with Crippen molar-refractivity contribution in [1.29, 1.82) is 0 Å². The third kappa shape index (κ3) is 4.60. The quantitative estimate of drug-likeness (QED) is 0.647. The van der Waals surface area contributed by atoms with E-state index in [1.807, 2.05) is 49.4 Å². The topological polar surface area (TPSA) is 46.9 Å². The van der Waals surface area contributed by atoms with Crippen LogP contribution in [-0.2, 0) is 17.8 Å². The molecule has 1 aromatic heterocycles. The van der Waals surface area contributed by atoms with E-state index in [9.17, 15) is 4.79 Å². The number of benzene rings is 2. The number of nitrogens with one attached hydrogen (secondary N) is 1. The summed E-state index contributed by atoms with van der Waals surface area (Å²) in [6.07, 6.45) is 2.06. The number of fused-ring (bicyclic) bond motifs is 1. The SMILES string of the molecule is Cc1nc2ccccc2n1CCCNC(=O)CCc1cccc(Cl)c1. The lowest BCUT2D eigenvalue weighted by Crippen LogP contribution is -2.25. The normalized spacial score (nSPS) is 11.0. The number of rotatable bonds is 7. The second kappa shape index (κ2) is 8.17. The summed E-state index contributed by atoms with van der Waals surface area (Å²) in [7, 11) is 0. The number of amides is 1. The molecule has 0 fully saturated rings. The minimum absolute atomic E-state index is 0.0761. The fourth-order valence-electron chi connectivity index (χ4n) is 2.98. The molecule has 0 aliphatic heterocycles. The summed E-state index contributed by atoms with van der Waals surface area (Å²) in [5, 5.41) is 3.70. The molecule has 25 heavy (non-hydrogen) atoms. The van der Waals surface area contributed by atoms with Gasteiger partial charge < -0.3 is 9.88 Å². The van der Waals surface area contributed by atoms with Crippen LogP contribution in [0, 0.1) is 6.92 Å². The number of carbonyl (C=O) groups is 1. The Kier molecular flexibility index (Phi) is 5.71. The van der Waals surface area contributed by atoms with Crippen LogP contribution in [0.4, 0.5) is 0 Å². The van der Waals surface area contributed by atoms with E-state index < -0.39 is 0 Å². The maximum Gasteiger partial charge on any atom is 0.220 e. The minimum Gasteiger partial charge on any atom is -0.356 e. The lowest BCUT2D eigenvalue weighted by Gasteiger charge is -2.08. The second-order valence-electron chi connectivity index (χ2n) is 6.13. The van der Waals surface area contributed by atoms with Gasteiger partial charge in [0, 0.05) is 24.5 Å². The average Bonchev–Trinajstić information content (AvgIpc) is 2.92. The second-order valence-corrected chi connectivity index (χ2v) is 6.57. The van der Waals surface area contributed by atoms with Crippen molar-refractivity contribution in [1.82, 2.24) is 14.9 Å². The van der Waals surface area contributed by atoms with Crippen LogP contribution in [-0.4, -0.2) is 22.0 Å². The summed E-state index contributed by atoms with van der Waals surface area (Å²) < 4.78 is 2.20. The van der Waals surface area contributed by atoms with Crippen molar-refractivity contribution in [3.8, 4) is 0 Å². The van der Waals surface area contributed by atoms with Gasteiger partial charge in [-0.15, -0.1) is 0 Å². The smallest absolute Gasteiger partial charge is 0.220 e. The highest BCUT2D eigenvalue weighted by atomic mass is 35.5. The highest BCUT2D eigenvalue weighted by Crippen LogP contribution is 2.15. The molecule has 0 atom stereocenters. The van der Waals surface area contributed by atoms with Gasteiger partial charge in [-0.05, 0) is 49.6 Å². The van der Waals surface area contributed by atoms with Gasteiger partial charge in [0.15, 0.2) is 0 Å². The molecule has 1 amide bonds. The largest absolute Gasteiger partial charge is 0.356 e. The standard InChI is InChI=1S/C20H22ClN3O/c1-15-23-18-8-2-3-9-19(18)24(15)13-5-12-22-20(25)11-10-16-6-4-7-17(21)14-16/h2-4,6-9,14H,5,10-13H2,1H3,(H,22,25). The summed E-state index contributed by atoms with van der Waals surface area (Å²) >= 11 is 5.96. The Morgan fingerprint density at radius 2 is 2.04 bits per heavy atom. The van der Waals surface area contributed by atoms with Gasteiger partial charge in [-0.1, -0.05) is 35.9 Å². The Labute approximate surface area is 152 Å².